The normalized spacial score (nSPS) is 11.8. The van der Waals surface area contributed by atoms with Crippen LogP contribution in [0, 0.1) is 0 Å². The molecule has 1 N–H and O–H groups in total. The Hall–Kier alpha value is -2.89. The first kappa shape index (κ1) is 18.9. The van der Waals surface area contributed by atoms with E-state index in [2.05, 4.69) is 4.72 Å². The van der Waals surface area contributed by atoms with Crippen LogP contribution in [0.1, 0.15) is 15.9 Å². The predicted molar refractivity (Wildman–Crippen MR) is 107 cm³/mol. The molecule has 0 aliphatic heterocycles. The Morgan fingerprint density at radius 3 is 2.00 bits per heavy atom. The minimum atomic E-state index is -3.85. The zero-order chi connectivity index (χ0) is 19.3. The van der Waals surface area contributed by atoms with Gasteiger partial charge in [-0.25, -0.2) is 8.42 Å². The molecule has 0 aliphatic carbocycles. The van der Waals surface area contributed by atoms with Gasteiger partial charge in [0.1, 0.15) is 0 Å². The maximum absolute atomic E-state index is 12.7. The lowest BCUT2D eigenvalue weighted by atomic mass is 10.1. The largest absolute Gasteiger partial charge is 0.289 e. The summed E-state index contributed by atoms with van der Waals surface area (Å²) in [6, 6.07) is 23.4. The highest BCUT2D eigenvalue weighted by atomic mass is 35.5. The molecule has 0 amide bonds. The van der Waals surface area contributed by atoms with Crippen molar-refractivity contribution in [3.8, 4) is 0 Å². The molecule has 0 unspecified atom stereocenters. The molecule has 0 spiro atoms. The number of nitrogens with one attached hydrogen (secondary N) is 1. The summed E-state index contributed by atoms with van der Waals surface area (Å²) in [6.45, 7) is 0. The van der Waals surface area contributed by atoms with Gasteiger partial charge in [0.25, 0.3) is 10.0 Å². The zero-order valence-corrected chi connectivity index (χ0v) is 15.7. The Bertz CT molecular complexity index is 1080. The molecule has 0 aliphatic rings. The number of sulfonamides is 1. The molecule has 0 fully saturated rings. The highest BCUT2D eigenvalue weighted by Crippen LogP contribution is 2.20. The van der Waals surface area contributed by atoms with Crippen molar-refractivity contribution in [3.63, 3.8) is 0 Å². The summed E-state index contributed by atoms with van der Waals surface area (Å²) in [5.74, 6) is -0.393. The van der Waals surface area contributed by atoms with Crippen LogP contribution in [0.15, 0.2) is 95.9 Å². The number of carbonyl (C=O) groups excluding carboxylic acids is 1. The van der Waals surface area contributed by atoms with Crippen LogP contribution in [0.2, 0.25) is 5.02 Å². The second-order valence-corrected chi connectivity index (χ2v) is 7.78. The van der Waals surface area contributed by atoms with Crippen LogP contribution < -0.4 is 4.72 Å². The van der Waals surface area contributed by atoms with Crippen LogP contribution in [0.25, 0.3) is 5.70 Å². The Balaban J connectivity index is 2.03. The molecule has 4 nitrogen and oxygen atoms in total. The van der Waals surface area contributed by atoms with E-state index in [9.17, 15) is 13.2 Å². The van der Waals surface area contributed by atoms with E-state index in [0.29, 0.717) is 16.1 Å². The van der Waals surface area contributed by atoms with Gasteiger partial charge < -0.3 is 0 Å². The second kappa shape index (κ2) is 8.20. The van der Waals surface area contributed by atoms with Crippen LogP contribution in [0.4, 0.5) is 0 Å². The van der Waals surface area contributed by atoms with Crippen LogP contribution in [-0.2, 0) is 10.0 Å². The summed E-state index contributed by atoms with van der Waals surface area (Å²) in [5, 5.41) is 0.303. The number of hydrogen-bond acceptors (Lipinski definition) is 3. The van der Waals surface area contributed by atoms with Gasteiger partial charge in [0.05, 0.1) is 15.6 Å². The molecule has 0 atom stereocenters. The van der Waals surface area contributed by atoms with Gasteiger partial charge in [-0.1, -0.05) is 72.3 Å². The summed E-state index contributed by atoms with van der Waals surface area (Å²) >= 11 is 6.09. The first-order chi connectivity index (χ1) is 13.0. The van der Waals surface area contributed by atoms with Crippen LogP contribution in [-0.4, -0.2) is 14.2 Å². The summed E-state index contributed by atoms with van der Waals surface area (Å²) in [7, 11) is -3.85. The Labute approximate surface area is 163 Å². The van der Waals surface area contributed by atoms with E-state index in [0.717, 1.165) is 0 Å². The van der Waals surface area contributed by atoms with Crippen molar-refractivity contribution in [1.29, 1.82) is 0 Å². The standard InChI is InChI=1S/C21H16ClNO3S/c22-19-14-8-7-13-18(19)21(24)15-20(16-9-3-1-4-10-16)23-27(25,26)17-11-5-2-6-12-17/h1-15,23H/b20-15-. The van der Waals surface area contributed by atoms with E-state index in [1.165, 1.54) is 18.2 Å². The monoisotopic (exact) mass is 397 g/mol. The molecule has 0 radical (unpaired) electrons. The second-order valence-electron chi connectivity index (χ2n) is 5.69. The molecule has 0 saturated heterocycles. The van der Waals surface area contributed by atoms with Crippen molar-refractivity contribution in [2.24, 2.45) is 0 Å². The van der Waals surface area contributed by atoms with Crippen molar-refractivity contribution in [2.75, 3.05) is 0 Å². The third kappa shape index (κ3) is 4.64. The lowest BCUT2D eigenvalue weighted by molar-refractivity contribution is 0.104. The number of hydrogen-bond donors (Lipinski definition) is 1. The number of rotatable bonds is 6. The van der Waals surface area contributed by atoms with Crippen molar-refractivity contribution in [3.05, 3.63) is 107 Å². The molecular formula is C21H16ClNO3S. The first-order valence-corrected chi connectivity index (χ1v) is 9.97. The average molecular weight is 398 g/mol. The van der Waals surface area contributed by atoms with E-state index >= 15 is 0 Å². The highest BCUT2D eigenvalue weighted by Gasteiger charge is 2.18. The lowest BCUT2D eigenvalue weighted by Crippen LogP contribution is -2.23. The fourth-order valence-electron chi connectivity index (χ4n) is 2.46. The van der Waals surface area contributed by atoms with Gasteiger partial charge >= 0.3 is 0 Å². The van der Waals surface area contributed by atoms with Gasteiger partial charge in [0, 0.05) is 11.6 Å². The van der Waals surface area contributed by atoms with Crippen molar-refractivity contribution in [2.45, 2.75) is 4.90 Å². The van der Waals surface area contributed by atoms with Gasteiger partial charge in [0.15, 0.2) is 5.78 Å². The molecule has 0 heterocycles. The van der Waals surface area contributed by atoms with Gasteiger partial charge in [-0.05, 0) is 29.8 Å². The predicted octanol–water partition coefficient (Wildman–Crippen LogP) is 4.54. The maximum atomic E-state index is 12.7. The lowest BCUT2D eigenvalue weighted by Gasteiger charge is -2.12. The molecule has 6 heteroatoms. The Morgan fingerprint density at radius 2 is 1.37 bits per heavy atom. The van der Waals surface area contributed by atoms with Crippen LogP contribution >= 0.6 is 11.6 Å². The van der Waals surface area contributed by atoms with E-state index in [4.69, 9.17) is 11.6 Å². The van der Waals surface area contributed by atoms with Crippen molar-refractivity contribution >= 4 is 33.1 Å². The van der Waals surface area contributed by atoms with E-state index in [1.807, 2.05) is 6.07 Å². The van der Waals surface area contributed by atoms with Gasteiger partial charge in [-0.3, -0.25) is 9.52 Å². The van der Waals surface area contributed by atoms with Crippen molar-refractivity contribution < 1.29 is 13.2 Å². The number of benzene rings is 3. The molecule has 3 aromatic carbocycles. The van der Waals surface area contributed by atoms with E-state index in [1.54, 1.807) is 66.7 Å². The Kier molecular flexibility index (Phi) is 5.74. The smallest absolute Gasteiger partial charge is 0.261 e. The third-order valence-electron chi connectivity index (χ3n) is 3.80. The van der Waals surface area contributed by atoms with Gasteiger partial charge in [-0.15, -0.1) is 0 Å². The first-order valence-electron chi connectivity index (χ1n) is 8.11. The highest BCUT2D eigenvalue weighted by molar-refractivity contribution is 7.89. The maximum Gasteiger partial charge on any atom is 0.261 e. The molecular weight excluding hydrogens is 382 g/mol. The minimum absolute atomic E-state index is 0.108. The molecule has 136 valence electrons. The molecule has 3 aromatic rings. The fourth-order valence-corrected chi connectivity index (χ4v) is 3.79. The topological polar surface area (TPSA) is 63.2 Å². The average Bonchev–Trinajstić information content (AvgIpc) is 2.69. The van der Waals surface area contributed by atoms with Crippen LogP contribution in [0.5, 0.6) is 0 Å². The van der Waals surface area contributed by atoms with Gasteiger partial charge in [0.2, 0.25) is 0 Å². The summed E-state index contributed by atoms with van der Waals surface area (Å²) in [5.41, 5.74) is 1.04. The van der Waals surface area contributed by atoms with Gasteiger partial charge in [-0.2, -0.15) is 0 Å². The third-order valence-corrected chi connectivity index (χ3v) is 5.51. The fraction of sp³-hybridized carbons (Fsp3) is 0. The van der Waals surface area contributed by atoms with Crippen LogP contribution in [0.3, 0.4) is 0 Å². The van der Waals surface area contributed by atoms with E-state index < -0.39 is 15.8 Å². The number of ketones is 1. The van der Waals surface area contributed by atoms with E-state index in [-0.39, 0.29) is 10.6 Å². The molecule has 27 heavy (non-hydrogen) atoms. The minimum Gasteiger partial charge on any atom is -0.289 e. The molecule has 3 rings (SSSR count). The molecule has 0 aromatic heterocycles. The number of allylic oxidation sites excluding steroid dienone is 1. The molecule has 0 bridgehead atoms. The molecule has 0 saturated carbocycles. The van der Waals surface area contributed by atoms with Crippen molar-refractivity contribution in [1.82, 2.24) is 4.72 Å². The number of carbonyl (C=O) groups is 1. The SMILES string of the molecule is O=C(/C=C(\NS(=O)(=O)c1ccccc1)c1ccccc1)c1ccccc1Cl. The summed E-state index contributed by atoms with van der Waals surface area (Å²) in [6.07, 6.45) is 1.25. The summed E-state index contributed by atoms with van der Waals surface area (Å²) < 4.78 is 27.9. The summed E-state index contributed by atoms with van der Waals surface area (Å²) in [4.78, 5) is 12.8. The zero-order valence-electron chi connectivity index (χ0n) is 14.2. The Morgan fingerprint density at radius 1 is 0.815 bits per heavy atom. The quantitative estimate of drug-likeness (QED) is 0.490. The number of halogens is 1.